The van der Waals surface area contributed by atoms with E-state index in [9.17, 15) is 0 Å². The number of hydrogen-bond acceptors (Lipinski definition) is 4. The molecule has 1 aliphatic rings. The third-order valence-electron chi connectivity index (χ3n) is 3.63. The zero-order valence-electron chi connectivity index (χ0n) is 13.2. The van der Waals surface area contributed by atoms with Crippen molar-refractivity contribution >= 4 is 40.3 Å². The Balaban J connectivity index is 1.66. The van der Waals surface area contributed by atoms with Crippen LogP contribution in [0.2, 0.25) is 5.02 Å². The summed E-state index contributed by atoms with van der Waals surface area (Å²) < 4.78 is 10.7. The van der Waals surface area contributed by atoms with Crippen LogP contribution in [0.3, 0.4) is 0 Å². The molecule has 2 N–H and O–H groups in total. The Labute approximate surface area is 150 Å². The van der Waals surface area contributed by atoms with Crippen molar-refractivity contribution in [3.05, 3.63) is 52.5 Å². The molecule has 0 spiro atoms. The first-order valence-electron chi connectivity index (χ1n) is 7.31. The molecule has 1 heterocycles. The predicted octanol–water partition coefficient (Wildman–Crippen LogP) is 4.09. The summed E-state index contributed by atoms with van der Waals surface area (Å²) in [4.78, 5) is 0. The van der Waals surface area contributed by atoms with Crippen molar-refractivity contribution in [2.24, 2.45) is 5.10 Å². The van der Waals surface area contributed by atoms with E-state index in [0.717, 1.165) is 34.0 Å². The number of fused-ring (bicyclic) bond motifs is 1. The number of anilines is 1. The minimum atomic E-state index is 0.250. The first kappa shape index (κ1) is 16.5. The Bertz CT molecular complexity index is 823. The lowest BCUT2D eigenvalue weighted by Crippen LogP contribution is -2.25. The molecule has 24 heavy (non-hydrogen) atoms. The third-order valence-corrected chi connectivity index (χ3v) is 4.23. The highest BCUT2D eigenvalue weighted by molar-refractivity contribution is 7.80. The molecule has 0 saturated heterocycles. The van der Waals surface area contributed by atoms with Gasteiger partial charge >= 0.3 is 0 Å². The number of benzene rings is 2. The summed E-state index contributed by atoms with van der Waals surface area (Å²) in [6, 6.07) is 11.3. The summed E-state index contributed by atoms with van der Waals surface area (Å²) in [5.41, 5.74) is 6.31. The maximum Gasteiger partial charge on any atom is 0.231 e. The quantitative estimate of drug-likeness (QED) is 0.490. The maximum absolute atomic E-state index is 6.10. The molecule has 0 atom stereocenters. The molecular formula is C17H16ClN3O2S. The molecular weight excluding hydrogens is 346 g/mol. The average molecular weight is 362 g/mol. The zero-order valence-corrected chi connectivity index (χ0v) is 14.8. The van der Waals surface area contributed by atoms with Crippen molar-refractivity contribution in [1.82, 2.24) is 5.43 Å². The Morgan fingerprint density at radius 2 is 2.00 bits per heavy atom. The van der Waals surface area contributed by atoms with Crippen molar-refractivity contribution in [1.29, 1.82) is 0 Å². The van der Waals surface area contributed by atoms with E-state index in [0.29, 0.717) is 10.1 Å². The topological polar surface area (TPSA) is 54.9 Å². The summed E-state index contributed by atoms with van der Waals surface area (Å²) in [6.07, 6.45) is 0. The number of nitrogens with one attached hydrogen (secondary N) is 2. The molecule has 124 valence electrons. The number of nitrogens with zero attached hydrogens (tertiary/aromatic N) is 1. The average Bonchev–Trinajstić information content (AvgIpc) is 3.04. The first-order chi connectivity index (χ1) is 11.5. The second-order valence-corrected chi connectivity index (χ2v) is 6.06. The lowest BCUT2D eigenvalue weighted by Gasteiger charge is -2.11. The molecule has 0 saturated carbocycles. The van der Waals surface area contributed by atoms with Gasteiger partial charge in [-0.2, -0.15) is 5.10 Å². The molecule has 0 radical (unpaired) electrons. The summed E-state index contributed by atoms with van der Waals surface area (Å²) in [6.45, 7) is 4.06. The van der Waals surface area contributed by atoms with Crippen molar-refractivity contribution in [3.8, 4) is 11.5 Å². The van der Waals surface area contributed by atoms with Crippen LogP contribution in [-0.2, 0) is 0 Å². The molecule has 0 unspecified atom stereocenters. The van der Waals surface area contributed by atoms with Crippen molar-refractivity contribution in [3.63, 3.8) is 0 Å². The molecule has 7 heteroatoms. The van der Waals surface area contributed by atoms with Crippen LogP contribution in [0.4, 0.5) is 5.69 Å². The van der Waals surface area contributed by atoms with Gasteiger partial charge in [0, 0.05) is 16.3 Å². The minimum Gasteiger partial charge on any atom is -0.454 e. The fourth-order valence-electron chi connectivity index (χ4n) is 2.21. The highest BCUT2D eigenvalue weighted by Crippen LogP contribution is 2.32. The van der Waals surface area contributed by atoms with E-state index in [2.05, 4.69) is 15.8 Å². The summed E-state index contributed by atoms with van der Waals surface area (Å²) in [5, 5.41) is 8.46. The molecule has 0 aliphatic carbocycles. The smallest absolute Gasteiger partial charge is 0.231 e. The molecule has 1 aliphatic heterocycles. The van der Waals surface area contributed by atoms with Crippen molar-refractivity contribution < 1.29 is 9.47 Å². The molecule has 0 amide bonds. The van der Waals surface area contributed by atoms with E-state index in [1.165, 1.54) is 0 Å². The SMILES string of the molecule is C/C(=N/NC(=S)Nc1cccc(Cl)c1C)c1ccc2c(c1)OCO2. The van der Waals surface area contributed by atoms with Crippen LogP contribution in [0.25, 0.3) is 0 Å². The number of hydrazone groups is 1. The highest BCUT2D eigenvalue weighted by atomic mass is 35.5. The molecule has 2 aromatic carbocycles. The predicted molar refractivity (Wildman–Crippen MR) is 100 cm³/mol. The van der Waals surface area contributed by atoms with E-state index >= 15 is 0 Å². The van der Waals surface area contributed by atoms with E-state index in [-0.39, 0.29) is 6.79 Å². The third kappa shape index (κ3) is 3.60. The largest absolute Gasteiger partial charge is 0.454 e. The number of ether oxygens (including phenoxy) is 2. The van der Waals surface area contributed by atoms with Gasteiger partial charge in [0.2, 0.25) is 6.79 Å². The summed E-state index contributed by atoms with van der Waals surface area (Å²) in [7, 11) is 0. The van der Waals surface area contributed by atoms with Crippen molar-refractivity contribution in [2.45, 2.75) is 13.8 Å². The van der Waals surface area contributed by atoms with Crippen LogP contribution >= 0.6 is 23.8 Å². The number of hydrogen-bond donors (Lipinski definition) is 2. The highest BCUT2D eigenvalue weighted by Gasteiger charge is 2.14. The number of rotatable bonds is 3. The monoisotopic (exact) mass is 361 g/mol. The molecule has 2 aromatic rings. The minimum absolute atomic E-state index is 0.250. The lowest BCUT2D eigenvalue weighted by atomic mass is 10.1. The Morgan fingerprint density at radius 3 is 2.83 bits per heavy atom. The van der Waals surface area contributed by atoms with Gasteiger partial charge in [-0.1, -0.05) is 17.7 Å². The van der Waals surface area contributed by atoms with Gasteiger partial charge in [0.15, 0.2) is 16.6 Å². The maximum atomic E-state index is 6.10. The van der Waals surface area contributed by atoms with Gasteiger partial charge < -0.3 is 14.8 Å². The summed E-state index contributed by atoms with van der Waals surface area (Å²) in [5.74, 6) is 1.46. The van der Waals surface area contributed by atoms with Gasteiger partial charge in [0.25, 0.3) is 0 Å². The second-order valence-electron chi connectivity index (χ2n) is 5.24. The van der Waals surface area contributed by atoms with Gasteiger partial charge in [0.05, 0.1) is 5.71 Å². The van der Waals surface area contributed by atoms with E-state index < -0.39 is 0 Å². The van der Waals surface area contributed by atoms with Gasteiger partial charge in [-0.15, -0.1) is 0 Å². The normalized spacial score (nSPS) is 12.9. The standard InChI is InChI=1S/C17H16ClN3O2S/c1-10-13(18)4-3-5-14(10)19-17(24)21-20-11(2)12-6-7-15-16(8-12)23-9-22-15/h3-8H,9H2,1-2H3,(H2,19,21,24)/b20-11-. The second kappa shape index (κ2) is 7.07. The van der Waals surface area contributed by atoms with Crippen LogP contribution in [0, 0.1) is 6.92 Å². The van der Waals surface area contributed by atoms with Crippen LogP contribution < -0.4 is 20.2 Å². The molecule has 3 rings (SSSR count). The van der Waals surface area contributed by atoms with E-state index in [1.54, 1.807) is 0 Å². The van der Waals surface area contributed by atoms with Gasteiger partial charge in [0.1, 0.15) is 0 Å². The Morgan fingerprint density at radius 1 is 1.21 bits per heavy atom. The van der Waals surface area contributed by atoms with Crippen LogP contribution in [-0.4, -0.2) is 17.6 Å². The molecule has 0 bridgehead atoms. The van der Waals surface area contributed by atoms with Crippen molar-refractivity contribution in [2.75, 3.05) is 12.1 Å². The molecule has 5 nitrogen and oxygen atoms in total. The van der Waals surface area contributed by atoms with Gasteiger partial charge in [-0.3, -0.25) is 5.43 Å². The first-order valence-corrected chi connectivity index (χ1v) is 8.09. The van der Waals surface area contributed by atoms with Crippen LogP contribution in [0.15, 0.2) is 41.5 Å². The molecule has 0 aromatic heterocycles. The van der Waals surface area contributed by atoms with Gasteiger partial charge in [-0.25, -0.2) is 0 Å². The van der Waals surface area contributed by atoms with E-state index in [1.807, 2.05) is 50.2 Å². The summed E-state index contributed by atoms with van der Waals surface area (Å²) >= 11 is 11.4. The number of thiocarbonyl (C=S) groups is 1. The zero-order chi connectivity index (χ0) is 17.1. The fourth-order valence-corrected chi connectivity index (χ4v) is 2.54. The number of halogens is 1. The van der Waals surface area contributed by atoms with Crippen LogP contribution in [0.1, 0.15) is 18.1 Å². The Kier molecular flexibility index (Phi) is 4.87. The molecule has 0 fully saturated rings. The van der Waals surface area contributed by atoms with Crippen LogP contribution in [0.5, 0.6) is 11.5 Å². The van der Waals surface area contributed by atoms with E-state index in [4.69, 9.17) is 33.3 Å². The lowest BCUT2D eigenvalue weighted by molar-refractivity contribution is 0.174. The van der Waals surface area contributed by atoms with Gasteiger partial charge in [-0.05, 0) is 62.0 Å². The Hall–Kier alpha value is -2.31. The fraction of sp³-hybridized carbons (Fsp3) is 0.176.